The molecule has 34 heavy (non-hydrogen) atoms. The SMILES string of the molecule is Cc1c(Sc2cccc(C(=O)O)c2)c2ccc(-c3ccccc3)cc2n1CC1=CC=CC(C)C1. The summed E-state index contributed by atoms with van der Waals surface area (Å²) in [5.41, 5.74) is 6.54. The summed E-state index contributed by atoms with van der Waals surface area (Å²) in [6.45, 7) is 5.29. The average molecular weight is 466 g/mol. The molecule has 0 spiro atoms. The number of hydrogen-bond acceptors (Lipinski definition) is 2. The Morgan fingerprint density at radius 3 is 2.62 bits per heavy atom. The molecule has 1 atom stereocenters. The second-order valence-corrected chi connectivity index (χ2v) is 10.0. The highest BCUT2D eigenvalue weighted by atomic mass is 32.2. The van der Waals surface area contributed by atoms with Crippen LogP contribution < -0.4 is 0 Å². The van der Waals surface area contributed by atoms with E-state index in [1.165, 1.54) is 38.2 Å². The highest BCUT2D eigenvalue weighted by Gasteiger charge is 2.18. The Morgan fingerprint density at radius 2 is 1.85 bits per heavy atom. The lowest BCUT2D eigenvalue weighted by atomic mass is 9.96. The lowest BCUT2D eigenvalue weighted by Gasteiger charge is -2.17. The highest BCUT2D eigenvalue weighted by Crippen LogP contribution is 2.40. The summed E-state index contributed by atoms with van der Waals surface area (Å²) < 4.78 is 2.42. The molecule has 1 heterocycles. The number of benzene rings is 3. The predicted molar refractivity (Wildman–Crippen MR) is 141 cm³/mol. The Morgan fingerprint density at radius 1 is 1.03 bits per heavy atom. The highest BCUT2D eigenvalue weighted by molar-refractivity contribution is 7.99. The van der Waals surface area contributed by atoms with Gasteiger partial charge in [0.25, 0.3) is 0 Å². The van der Waals surface area contributed by atoms with Crippen molar-refractivity contribution in [1.29, 1.82) is 0 Å². The molecule has 170 valence electrons. The summed E-state index contributed by atoms with van der Waals surface area (Å²) in [5, 5.41) is 10.6. The molecule has 3 nitrogen and oxygen atoms in total. The van der Waals surface area contributed by atoms with Gasteiger partial charge in [0.2, 0.25) is 0 Å². The Balaban J connectivity index is 1.62. The largest absolute Gasteiger partial charge is 0.478 e. The van der Waals surface area contributed by atoms with Gasteiger partial charge >= 0.3 is 5.97 Å². The predicted octanol–water partition coefficient (Wildman–Crippen LogP) is 7.99. The van der Waals surface area contributed by atoms with Crippen LogP contribution in [0.25, 0.3) is 22.0 Å². The van der Waals surface area contributed by atoms with E-state index in [4.69, 9.17) is 0 Å². The normalized spacial score (nSPS) is 15.5. The number of aromatic nitrogens is 1. The average Bonchev–Trinajstić information content (AvgIpc) is 3.10. The van der Waals surface area contributed by atoms with Crippen LogP contribution in [0.5, 0.6) is 0 Å². The minimum Gasteiger partial charge on any atom is -0.478 e. The summed E-state index contributed by atoms with van der Waals surface area (Å²) in [4.78, 5) is 13.6. The lowest BCUT2D eigenvalue weighted by Crippen LogP contribution is -2.07. The fraction of sp³-hybridized carbons (Fsp3) is 0.167. The first-order valence-corrected chi connectivity index (χ1v) is 12.4. The van der Waals surface area contributed by atoms with Crippen LogP contribution in [0.3, 0.4) is 0 Å². The third-order valence-corrected chi connectivity index (χ3v) is 7.60. The molecule has 4 heteroatoms. The second kappa shape index (κ2) is 9.40. The topological polar surface area (TPSA) is 42.2 Å². The number of hydrogen-bond donors (Lipinski definition) is 1. The minimum atomic E-state index is -0.902. The van der Waals surface area contributed by atoms with Crippen molar-refractivity contribution >= 4 is 28.6 Å². The van der Waals surface area contributed by atoms with Crippen LogP contribution in [-0.2, 0) is 6.54 Å². The maximum Gasteiger partial charge on any atom is 0.335 e. The molecule has 0 aliphatic heterocycles. The third kappa shape index (κ3) is 4.46. The van der Waals surface area contributed by atoms with Crippen molar-refractivity contribution in [2.75, 3.05) is 0 Å². The van der Waals surface area contributed by atoms with Gasteiger partial charge in [-0.2, -0.15) is 0 Å². The molecule has 0 saturated heterocycles. The molecular weight excluding hydrogens is 438 g/mol. The van der Waals surface area contributed by atoms with Crippen molar-refractivity contribution in [3.8, 4) is 11.1 Å². The zero-order valence-corrected chi connectivity index (χ0v) is 20.2. The molecule has 1 aromatic heterocycles. The standard InChI is InChI=1S/C30H27NO2S/c1-20-8-6-9-22(16-20)19-31-21(2)29(34-26-13-7-12-25(17-26)30(32)33)27-15-14-24(18-28(27)31)23-10-4-3-5-11-23/h3-15,17-18,20H,16,19H2,1-2H3,(H,32,33). The Labute approximate surface area is 204 Å². The molecule has 4 aromatic rings. The van der Waals surface area contributed by atoms with E-state index < -0.39 is 5.97 Å². The van der Waals surface area contributed by atoms with Gasteiger partial charge in [-0.05, 0) is 60.2 Å². The van der Waals surface area contributed by atoms with Crippen LogP contribution in [0.4, 0.5) is 0 Å². The molecule has 1 unspecified atom stereocenters. The monoisotopic (exact) mass is 465 g/mol. The molecule has 3 aromatic carbocycles. The van der Waals surface area contributed by atoms with E-state index in [9.17, 15) is 9.90 Å². The molecule has 0 radical (unpaired) electrons. The van der Waals surface area contributed by atoms with E-state index in [2.05, 4.69) is 79.1 Å². The molecule has 0 saturated carbocycles. The summed E-state index contributed by atoms with van der Waals surface area (Å²) in [5.74, 6) is -0.352. The van der Waals surface area contributed by atoms with Gasteiger partial charge in [0, 0.05) is 27.4 Å². The number of carbonyl (C=O) groups is 1. The van der Waals surface area contributed by atoms with Crippen LogP contribution in [0.15, 0.2) is 106 Å². The Hall–Kier alpha value is -3.50. The summed E-state index contributed by atoms with van der Waals surface area (Å²) in [6.07, 6.45) is 7.74. The number of fused-ring (bicyclic) bond motifs is 1. The van der Waals surface area contributed by atoms with Gasteiger partial charge in [-0.3, -0.25) is 0 Å². The molecule has 1 aliphatic carbocycles. The molecule has 1 aliphatic rings. The van der Waals surface area contributed by atoms with E-state index in [1.807, 2.05) is 18.2 Å². The number of carboxylic acid groups (broad SMARTS) is 1. The first kappa shape index (κ1) is 22.3. The van der Waals surface area contributed by atoms with Crippen molar-refractivity contribution < 1.29 is 9.90 Å². The second-order valence-electron chi connectivity index (χ2n) is 8.92. The molecule has 0 bridgehead atoms. The molecular formula is C30H27NO2S. The molecule has 0 fully saturated rings. The molecule has 1 N–H and O–H groups in total. The summed E-state index contributed by atoms with van der Waals surface area (Å²) in [7, 11) is 0. The van der Waals surface area contributed by atoms with Crippen molar-refractivity contribution in [3.63, 3.8) is 0 Å². The smallest absolute Gasteiger partial charge is 0.335 e. The van der Waals surface area contributed by atoms with Gasteiger partial charge in [0.05, 0.1) is 11.1 Å². The van der Waals surface area contributed by atoms with Gasteiger partial charge in [-0.1, -0.05) is 85.4 Å². The quantitative estimate of drug-likeness (QED) is 0.314. The molecule has 0 amide bonds. The number of aromatic carboxylic acids is 1. The Bertz CT molecular complexity index is 1430. The van der Waals surface area contributed by atoms with E-state index in [0.29, 0.717) is 11.5 Å². The van der Waals surface area contributed by atoms with Crippen LogP contribution in [-0.4, -0.2) is 15.6 Å². The van der Waals surface area contributed by atoms with Gasteiger partial charge in [-0.25, -0.2) is 4.79 Å². The van der Waals surface area contributed by atoms with Crippen LogP contribution in [0.1, 0.15) is 29.4 Å². The fourth-order valence-corrected chi connectivity index (χ4v) is 5.76. The maximum atomic E-state index is 11.5. The lowest BCUT2D eigenvalue weighted by molar-refractivity contribution is 0.0696. The van der Waals surface area contributed by atoms with E-state index in [0.717, 1.165) is 17.9 Å². The summed E-state index contributed by atoms with van der Waals surface area (Å²) in [6, 6.07) is 24.3. The summed E-state index contributed by atoms with van der Waals surface area (Å²) >= 11 is 1.64. The zero-order chi connectivity index (χ0) is 23.7. The van der Waals surface area contributed by atoms with E-state index >= 15 is 0 Å². The van der Waals surface area contributed by atoms with Crippen LogP contribution >= 0.6 is 11.8 Å². The fourth-order valence-electron chi connectivity index (χ4n) is 4.65. The zero-order valence-electron chi connectivity index (χ0n) is 19.4. The molecule has 5 rings (SSSR count). The first-order valence-electron chi connectivity index (χ1n) is 11.6. The van der Waals surface area contributed by atoms with Gasteiger partial charge in [-0.15, -0.1) is 0 Å². The van der Waals surface area contributed by atoms with Crippen molar-refractivity contribution in [2.45, 2.75) is 36.6 Å². The van der Waals surface area contributed by atoms with Gasteiger partial charge in [0.15, 0.2) is 0 Å². The number of rotatable bonds is 6. The van der Waals surface area contributed by atoms with Crippen LogP contribution in [0.2, 0.25) is 0 Å². The van der Waals surface area contributed by atoms with Crippen molar-refractivity contribution in [1.82, 2.24) is 4.57 Å². The van der Waals surface area contributed by atoms with Gasteiger partial charge in [0.1, 0.15) is 0 Å². The van der Waals surface area contributed by atoms with E-state index in [-0.39, 0.29) is 0 Å². The van der Waals surface area contributed by atoms with Gasteiger partial charge < -0.3 is 9.67 Å². The van der Waals surface area contributed by atoms with Crippen molar-refractivity contribution in [3.05, 3.63) is 108 Å². The number of carboxylic acids is 1. The van der Waals surface area contributed by atoms with Crippen molar-refractivity contribution in [2.24, 2.45) is 5.92 Å². The maximum absolute atomic E-state index is 11.5. The number of allylic oxidation sites excluding steroid dienone is 4. The number of nitrogens with zero attached hydrogens (tertiary/aromatic N) is 1. The van der Waals surface area contributed by atoms with E-state index in [1.54, 1.807) is 23.9 Å². The first-order chi connectivity index (χ1) is 16.5. The Kier molecular flexibility index (Phi) is 6.16. The minimum absolute atomic E-state index is 0.311. The van der Waals surface area contributed by atoms with Crippen LogP contribution in [0, 0.1) is 12.8 Å². The third-order valence-electron chi connectivity index (χ3n) is 6.39.